The van der Waals surface area contributed by atoms with Crippen LogP contribution in [0.15, 0.2) is 12.2 Å². The average molecular weight is 138 g/mol. The predicted octanol–water partition coefficient (Wildman–Crippen LogP) is 2.32. The van der Waals surface area contributed by atoms with Gasteiger partial charge in [-0.3, -0.25) is 0 Å². The van der Waals surface area contributed by atoms with Crippen LogP contribution in [0.5, 0.6) is 0 Å². The Morgan fingerprint density at radius 2 is 2.40 bits per heavy atom. The van der Waals surface area contributed by atoms with Crippen LogP contribution < -0.4 is 0 Å². The number of hydrogen-bond donors (Lipinski definition) is 0. The molecule has 0 amide bonds. The lowest BCUT2D eigenvalue weighted by Crippen LogP contribution is -2.22. The van der Waals surface area contributed by atoms with Crippen LogP contribution in [-0.2, 0) is 4.79 Å². The molecule has 1 aliphatic carbocycles. The summed E-state index contributed by atoms with van der Waals surface area (Å²) >= 11 is 0. The zero-order valence-corrected chi connectivity index (χ0v) is 6.47. The molecule has 10 heavy (non-hydrogen) atoms. The van der Waals surface area contributed by atoms with E-state index in [0.29, 0.717) is 0 Å². The Balaban J connectivity index is 2.64. The minimum Gasteiger partial charge on any atom is -0.303 e. The zero-order chi connectivity index (χ0) is 7.45. The zero-order valence-electron chi connectivity index (χ0n) is 6.47. The Morgan fingerprint density at radius 3 is 2.70 bits per heavy atom. The smallest absolute Gasteiger partial charge is 0.126 e. The Bertz CT molecular complexity index is 149. The molecule has 1 nitrogen and oxygen atoms in total. The summed E-state index contributed by atoms with van der Waals surface area (Å²) in [7, 11) is 0. The van der Waals surface area contributed by atoms with E-state index in [4.69, 9.17) is 0 Å². The van der Waals surface area contributed by atoms with E-state index in [9.17, 15) is 4.79 Å². The molecule has 0 saturated carbocycles. The van der Waals surface area contributed by atoms with Crippen LogP contribution in [0.1, 0.15) is 32.6 Å². The number of allylic oxidation sites excluding steroid dienone is 2. The predicted molar refractivity (Wildman–Crippen MR) is 41.8 cm³/mol. The second-order valence-corrected chi connectivity index (χ2v) is 3.05. The minimum atomic E-state index is -0.00521. The first kappa shape index (κ1) is 7.52. The van der Waals surface area contributed by atoms with Gasteiger partial charge in [0.25, 0.3) is 0 Å². The molecule has 0 saturated heterocycles. The van der Waals surface area contributed by atoms with Crippen LogP contribution in [0.25, 0.3) is 0 Å². The Hall–Kier alpha value is -0.590. The highest BCUT2D eigenvalue weighted by Crippen LogP contribution is 2.33. The molecule has 1 rings (SSSR count). The number of rotatable bonds is 2. The molecule has 0 aromatic heterocycles. The Labute approximate surface area is 62.1 Å². The van der Waals surface area contributed by atoms with Crippen molar-refractivity contribution in [2.45, 2.75) is 32.6 Å². The Kier molecular flexibility index (Phi) is 2.25. The van der Waals surface area contributed by atoms with Crippen molar-refractivity contribution in [2.24, 2.45) is 5.41 Å². The fraction of sp³-hybridized carbons (Fsp3) is 0.667. The second kappa shape index (κ2) is 3.00. The van der Waals surface area contributed by atoms with Gasteiger partial charge in [-0.25, -0.2) is 0 Å². The Morgan fingerprint density at radius 1 is 1.60 bits per heavy atom. The fourth-order valence-electron chi connectivity index (χ4n) is 1.42. The van der Waals surface area contributed by atoms with E-state index >= 15 is 0 Å². The van der Waals surface area contributed by atoms with Crippen molar-refractivity contribution in [3.05, 3.63) is 12.2 Å². The summed E-state index contributed by atoms with van der Waals surface area (Å²) in [4.78, 5) is 10.7. The van der Waals surface area contributed by atoms with E-state index in [1.807, 2.05) is 0 Å². The molecule has 0 spiro atoms. The van der Waals surface area contributed by atoms with Crippen molar-refractivity contribution >= 4 is 6.29 Å². The van der Waals surface area contributed by atoms with Crippen molar-refractivity contribution in [1.29, 1.82) is 0 Å². The van der Waals surface area contributed by atoms with Crippen LogP contribution in [0.3, 0.4) is 0 Å². The first-order chi connectivity index (χ1) is 4.83. The molecule has 0 aromatic carbocycles. The fourth-order valence-corrected chi connectivity index (χ4v) is 1.42. The molecular formula is C9H14O. The van der Waals surface area contributed by atoms with Gasteiger partial charge in [-0.05, 0) is 25.7 Å². The maximum atomic E-state index is 10.7. The van der Waals surface area contributed by atoms with Gasteiger partial charge in [0.1, 0.15) is 6.29 Å². The molecule has 0 aliphatic heterocycles. The number of carbonyl (C=O) groups is 1. The summed E-state index contributed by atoms with van der Waals surface area (Å²) < 4.78 is 0. The van der Waals surface area contributed by atoms with Gasteiger partial charge < -0.3 is 4.79 Å². The standard InChI is InChI=1S/C9H14O/c1-2-9(8-10)6-4-3-5-7-9/h3-4,8H,2,5-7H2,1H3. The van der Waals surface area contributed by atoms with Crippen molar-refractivity contribution in [3.63, 3.8) is 0 Å². The summed E-state index contributed by atoms with van der Waals surface area (Å²) in [6, 6.07) is 0. The van der Waals surface area contributed by atoms with Gasteiger partial charge >= 0.3 is 0 Å². The highest BCUT2D eigenvalue weighted by atomic mass is 16.1. The molecule has 0 N–H and O–H groups in total. The SMILES string of the molecule is CCC1(C=O)CC=CCC1. The molecular weight excluding hydrogens is 124 g/mol. The third-order valence-electron chi connectivity index (χ3n) is 2.45. The molecule has 0 heterocycles. The van der Waals surface area contributed by atoms with Crippen molar-refractivity contribution in [2.75, 3.05) is 0 Å². The minimum absolute atomic E-state index is 0.00521. The van der Waals surface area contributed by atoms with Crippen molar-refractivity contribution in [1.82, 2.24) is 0 Å². The van der Waals surface area contributed by atoms with E-state index in [1.165, 1.54) is 0 Å². The van der Waals surface area contributed by atoms with Gasteiger partial charge in [-0.1, -0.05) is 19.1 Å². The topological polar surface area (TPSA) is 17.1 Å². The number of aldehydes is 1. The maximum Gasteiger partial charge on any atom is 0.126 e. The van der Waals surface area contributed by atoms with Gasteiger partial charge in [0.05, 0.1) is 0 Å². The van der Waals surface area contributed by atoms with E-state index in [0.717, 1.165) is 32.0 Å². The van der Waals surface area contributed by atoms with Gasteiger partial charge in [-0.2, -0.15) is 0 Å². The highest BCUT2D eigenvalue weighted by Gasteiger charge is 2.26. The van der Waals surface area contributed by atoms with Crippen LogP contribution in [0, 0.1) is 5.41 Å². The molecule has 56 valence electrons. The average Bonchev–Trinajstić information content (AvgIpc) is 2.06. The van der Waals surface area contributed by atoms with Crippen LogP contribution >= 0.6 is 0 Å². The van der Waals surface area contributed by atoms with E-state index in [1.54, 1.807) is 0 Å². The molecule has 1 heteroatoms. The van der Waals surface area contributed by atoms with Crippen LogP contribution in [-0.4, -0.2) is 6.29 Å². The molecule has 0 fully saturated rings. The number of hydrogen-bond acceptors (Lipinski definition) is 1. The summed E-state index contributed by atoms with van der Waals surface area (Å²) in [6.07, 6.45) is 9.49. The lowest BCUT2D eigenvalue weighted by molar-refractivity contribution is -0.116. The summed E-state index contributed by atoms with van der Waals surface area (Å²) in [6.45, 7) is 2.09. The molecule has 1 aliphatic rings. The largest absolute Gasteiger partial charge is 0.303 e. The normalized spacial score (nSPS) is 32.1. The van der Waals surface area contributed by atoms with Crippen LogP contribution in [0.4, 0.5) is 0 Å². The maximum absolute atomic E-state index is 10.7. The monoisotopic (exact) mass is 138 g/mol. The third-order valence-corrected chi connectivity index (χ3v) is 2.45. The summed E-state index contributed by atoms with van der Waals surface area (Å²) in [5, 5.41) is 0. The van der Waals surface area contributed by atoms with Gasteiger partial charge in [-0.15, -0.1) is 0 Å². The van der Waals surface area contributed by atoms with Gasteiger partial charge in [0.15, 0.2) is 0 Å². The molecule has 0 bridgehead atoms. The second-order valence-electron chi connectivity index (χ2n) is 3.05. The molecule has 1 unspecified atom stereocenters. The molecule has 0 aromatic rings. The van der Waals surface area contributed by atoms with Crippen molar-refractivity contribution < 1.29 is 4.79 Å². The van der Waals surface area contributed by atoms with E-state index in [2.05, 4.69) is 19.1 Å². The van der Waals surface area contributed by atoms with E-state index < -0.39 is 0 Å². The molecule has 1 atom stereocenters. The first-order valence-electron chi connectivity index (χ1n) is 3.94. The number of carbonyl (C=O) groups excluding carboxylic acids is 1. The summed E-state index contributed by atoms with van der Waals surface area (Å²) in [5.74, 6) is 0. The van der Waals surface area contributed by atoms with Crippen molar-refractivity contribution in [3.8, 4) is 0 Å². The highest BCUT2D eigenvalue weighted by molar-refractivity contribution is 5.60. The quantitative estimate of drug-likeness (QED) is 0.423. The lowest BCUT2D eigenvalue weighted by atomic mass is 9.76. The van der Waals surface area contributed by atoms with Gasteiger partial charge in [0, 0.05) is 5.41 Å². The van der Waals surface area contributed by atoms with E-state index in [-0.39, 0.29) is 5.41 Å². The lowest BCUT2D eigenvalue weighted by Gasteiger charge is -2.27. The molecule has 0 radical (unpaired) electrons. The summed E-state index contributed by atoms with van der Waals surface area (Å²) in [5.41, 5.74) is -0.00521. The van der Waals surface area contributed by atoms with Gasteiger partial charge in [0.2, 0.25) is 0 Å². The van der Waals surface area contributed by atoms with Crippen LogP contribution in [0.2, 0.25) is 0 Å². The first-order valence-corrected chi connectivity index (χ1v) is 3.94. The third kappa shape index (κ3) is 1.28.